The predicted octanol–water partition coefficient (Wildman–Crippen LogP) is 1.66. The molecule has 0 aromatic rings. The lowest BCUT2D eigenvalue weighted by Gasteiger charge is -2.35. The molecule has 0 aromatic carbocycles. The van der Waals surface area contributed by atoms with Gasteiger partial charge in [-0.1, -0.05) is 12.8 Å². The maximum atomic E-state index is 12.6. The van der Waals surface area contributed by atoms with E-state index in [1.165, 1.54) is 12.8 Å². The highest BCUT2D eigenvalue weighted by Crippen LogP contribution is 2.18. The molecule has 24 heavy (non-hydrogen) atoms. The van der Waals surface area contributed by atoms with Gasteiger partial charge in [0.05, 0.1) is 6.04 Å². The number of likely N-dealkylation sites (tertiary alicyclic amines) is 3. The van der Waals surface area contributed by atoms with Crippen molar-refractivity contribution in [3.8, 4) is 0 Å². The lowest BCUT2D eigenvalue weighted by atomic mass is 10.0. The summed E-state index contributed by atoms with van der Waals surface area (Å²) in [6, 6.07) is 0.439. The van der Waals surface area contributed by atoms with Crippen LogP contribution in [0.25, 0.3) is 0 Å². The molecule has 1 unspecified atom stereocenters. The number of carbonyl (C=O) groups excluding carboxylic acids is 2. The van der Waals surface area contributed by atoms with Crippen LogP contribution in [0.1, 0.15) is 51.4 Å². The monoisotopic (exact) mass is 336 g/mol. The molecule has 3 rings (SSSR count). The van der Waals surface area contributed by atoms with Crippen molar-refractivity contribution >= 4 is 11.9 Å². The van der Waals surface area contributed by atoms with Crippen molar-refractivity contribution in [2.45, 2.75) is 63.5 Å². The SMILES string of the molecule is CN1CCCCCC1C(=O)NC1CCN(C(=O)N2CCCC2)CC1. The topological polar surface area (TPSA) is 55.9 Å². The fraction of sp³-hybridized carbons (Fsp3) is 0.889. The Balaban J connectivity index is 1.44. The zero-order valence-electron chi connectivity index (χ0n) is 15.0. The normalized spacial score (nSPS) is 27.1. The van der Waals surface area contributed by atoms with Crippen molar-refractivity contribution in [3.05, 3.63) is 0 Å². The van der Waals surface area contributed by atoms with Gasteiger partial charge in [0.2, 0.25) is 5.91 Å². The van der Waals surface area contributed by atoms with Crippen LogP contribution in [0, 0.1) is 0 Å². The zero-order chi connectivity index (χ0) is 16.9. The van der Waals surface area contributed by atoms with Crippen LogP contribution in [0.5, 0.6) is 0 Å². The minimum absolute atomic E-state index is 0.0248. The molecule has 1 N–H and O–H groups in total. The van der Waals surface area contributed by atoms with E-state index in [-0.39, 0.29) is 24.0 Å². The second-order valence-electron chi connectivity index (χ2n) is 7.59. The van der Waals surface area contributed by atoms with Crippen molar-refractivity contribution in [1.29, 1.82) is 0 Å². The quantitative estimate of drug-likeness (QED) is 0.834. The van der Waals surface area contributed by atoms with Gasteiger partial charge in [0.15, 0.2) is 0 Å². The summed E-state index contributed by atoms with van der Waals surface area (Å²) < 4.78 is 0. The molecule has 136 valence electrons. The average molecular weight is 336 g/mol. The van der Waals surface area contributed by atoms with Crippen LogP contribution in [0.2, 0.25) is 0 Å². The van der Waals surface area contributed by atoms with Crippen LogP contribution in [0.3, 0.4) is 0 Å². The van der Waals surface area contributed by atoms with E-state index < -0.39 is 0 Å². The van der Waals surface area contributed by atoms with Gasteiger partial charge in [0, 0.05) is 32.2 Å². The number of amides is 3. The fourth-order valence-electron chi connectivity index (χ4n) is 4.20. The maximum absolute atomic E-state index is 12.6. The van der Waals surface area contributed by atoms with E-state index in [9.17, 15) is 9.59 Å². The van der Waals surface area contributed by atoms with E-state index in [1.807, 2.05) is 9.80 Å². The number of piperidine rings is 1. The Kier molecular flexibility index (Phi) is 5.98. The first-order valence-electron chi connectivity index (χ1n) is 9.69. The summed E-state index contributed by atoms with van der Waals surface area (Å²) in [7, 11) is 2.06. The molecule has 3 aliphatic heterocycles. The zero-order valence-corrected chi connectivity index (χ0v) is 15.0. The average Bonchev–Trinajstić information content (AvgIpc) is 3.04. The standard InChI is InChI=1S/C18H32N4O2/c1-20-10-4-2-3-7-16(20)17(23)19-15-8-13-22(14-9-15)18(24)21-11-5-6-12-21/h15-16H,2-14H2,1H3,(H,19,23). The van der Waals surface area contributed by atoms with Crippen LogP contribution in [0.4, 0.5) is 4.79 Å². The number of urea groups is 1. The van der Waals surface area contributed by atoms with Gasteiger partial charge in [0.1, 0.15) is 0 Å². The molecule has 6 heteroatoms. The highest BCUT2D eigenvalue weighted by Gasteiger charge is 2.30. The molecule has 1 atom stereocenters. The molecule has 0 saturated carbocycles. The predicted molar refractivity (Wildman–Crippen MR) is 93.8 cm³/mol. The van der Waals surface area contributed by atoms with Gasteiger partial charge >= 0.3 is 6.03 Å². The Morgan fingerprint density at radius 2 is 1.42 bits per heavy atom. The largest absolute Gasteiger partial charge is 0.352 e. The summed E-state index contributed by atoms with van der Waals surface area (Å²) in [4.78, 5) is 31.2. The summed E-state index contributed by atoms with van der Waals surface area (Å²) in [6.07, 6.45) is 8.55. The second-order valence-corrected chi connectivity index (χ2v) is 7.59. The van der Waals surface area contributed by atoms with E-state index in [4.69, 9.17) is 0 Å². The third-order valence-corrected chi connectivity index (χ3v) is 5.81. The number of hydrogen-bond acceptors (Lipinski definition) is 3. The molecule has 0 radical (unpaired) electrons. The van der Waals surface area contributed by atoms with Gasteiger partial charge in [-0.2, -0.15) is 0 Å². The van der Waals surface area contributed by atoms with Crippen molar-refractivity contribution in [2.24, 2.45) is 0 Å². The van der Waals surface area contributed by atoms with Gasteiger partial charge < -0.3 is 15.1 Å². The Bertz CT molecular complexity index is 442. The maximum Gasteiger partial charge on any atom is 0.319 e. The fourth-order valence-corrected chi connectivity index (χ4v) is 4.20. The Hall–Kier alpha value is -1.30. The molecule has 3 amide bonds. The number of nitrogens with zero attached hydrogens (tertiary/aromatic N) is 3. The van der Waals surface area contributed by atoms with Crippen LogP contribution >= 0.6 is 0 Å². The van der Waals surface area contributed by atoms with Crippen molar-refractivity contribution in [2.75, 3.05) is 39.8 Å². The van der Waals surface area contributed by atoms with Crippen molar-refractivity contribution in [1.82, 2.24) is 20.0 Å². The highest BCUT2D eigenvalue weighted by atomic mass is 16.2. The smallest absolute Gasteiger partial charge is 0.319 e. The summed E-state index contributed by atoms with van der Waals surface area (Å²) in [5.41, 5.74) is 0. The Morgan fingerprint density at radius 3 is 2.12 bits per heavy atom. The van der Waals surface area contributed by atoms with E-state index in [0.29, 0.717) is 0 Å². The molecule has 0 aliphatic carbocycles. The minimum Gasteiger partial charge on any atom is -0.352 e. The molecule has 0 bridgehead atoms. The number of hydrogen-bond donors (Lipinski definition) is 1. The molecule has 3 fully saturated rings. The number of rotatable bonds is 2. The lowest BCUT2D eigenvalue weighted by molar-refractivity contribution is -0.127. The Morgan fingerprint density at radius 1 is 0.792 bits per heavy atom. The number of likely N-dealkylation sites (N-methyl/N-ethyl adjacent to an activating group) is 1. The second kappa shape index (κ2) is 8.19. The molecule has 0 aromatic heterocycles. The summed E-state index contributed by atoms with van der Waals surface area (Å²) in [5, 5.41) is 3.24. The first-order chi connectivity index (χ1) is 11.6. The van der Waals surface area contributed by atoms with E-state index in [2.05, 4.69) is 17.3 Å². The highest BCUT2D eigenvalue weighted by molar-refractivity contribution is 5.82. The van der Waals surface area contributed by atoms with Gasteiger partial charge in [0.25, 0.3) is 0 Å². The van der Waals surface area contributed by atoms with E-state index in [0.717, 1.165) is 71.2 Å². The minimum atomic E-state index is 0.0248. The van der Waals surface area contributed by atoms with Crippen LogP contribution < -0.4 is 5.32 Å². The van der Waals surface area contributed by atoms with Gasteiger partial charge in [-0.15, -0.1) is 0 Å². The van der Waals surface area contributed by atoms with E-state index in [1.54, 1.807) is 0 Å². The lowest BCUT2D eigenvalue weighted by Crippen LogP contribution is -2.53. The molecule has 3 aliphatic rings. The third-order valence-electron chi connectivity index (χ3n) is 5.81. The van der Waals surface area contributed by atoms with Gasteiger partial charge in [-0.3, -0.25) is 9.69 Å². The Labute approximate surface area is 145 Å². The molecular weight excluding hydrogens is 304 g/mol. The first kappa shape index (κ1) is 17.5. The van der Waals surface area contributed by atoms with Crippen LogP contribution in [-0.2, 0) is 4.79 Å². The van der Waals surface area contributed by atoms with Crippen LogP contribution in [-0.4, -0.2) is 78.5 Å². The first-order valence-corrected chi connectivity index (χ1v) is 9.69. The molecule has 3 saturated heterocycles. The molecule has 0 spiro atoms. The number of carbonyl (C=O) groups is 2. The van der Waals surface area contributed by atoms with Crippen molar-refractivity contribution in [3.63, 3.8) is 0 Å². The van der Waals surface area contributed by atoms with Gasteiger partial charge in [-0.25, -0.2) is 4.79 Å². The van der Waals surface area contributed by atoms with Crippen molar-refractivity contribution < 1.29 is 9.59 Å². The van der Waals surface area contributed by atoms with Gasteiger partial charge in [-0.05, 0) is 52.1 Å². The number of nitrogens with one attached hydrogen (secondary N) is 1. The summed E-state index contributed by atoms with van der Waals surface area (Å²) in [6.45, 7) is 4.36. The molecule has 3 heterocycles. The third kappa shape index (κ3) is 4.21. The molecule has 6 nitrogen and oxygen atoms in total. The summed E-state index contributed by atoms with van der Waals surface area (Å²) in [5.74, 6) is 0.184. The van der Waals surface area contributed by atoms with E-state index >= 15 is 0 Å². The van der Waals surface area contributed by atoms with Crippen LogP contribution in [0.15, 0.2) is 0 Å². The summed E-state index contributed by atoms with van der Waals surface area (Å²) >= 11 is 0. The molecular formula is C18H32N4O2.